The molecule has 1 N–H and O–H groups in total. The van der Waals surface area contributed by atoms with E-state index in [-0.39, 0.29) is 36.6 Å². The Labute approximate surface area is 134 Å². The molecular weight excluding hydrogens is 295 g/mol. The summed E-state index contributed by atoms with van der Waals surface area (Å²) in [5.41, 5.74) is 1.28. The number of likely N-dealkylation sites (tertiary alicyclic amines) is 1. The quantitative estimate of drug-likeness (QED) is 0.939. The van der Waals surface area contributed by atoms with Crippen molar-refractivity contribution in [2.24, 2.45) is 5.92 Å². The zero-order valence-corrected chi connectivity index (χ0v) is 12.7. The lowest BCUT2D eigenvalue weighted by Gasteiger charge is -2.16. The highest BCUT2D eigenvalue weighted by molar-refractivity contribution is 5.79. The van der Waals surface area contributed by atoms with Gasteiger partial charge in [0.15, 0.2) is 0 Å². The number of aromatic nitrogens is 1. The third-order valence-corrected chi connectivity index (χ3v) is 4.40. The molecule has 0 bridgehead atoms. The highest BCUT2D eigenvalue weighted by Crippen LogP contribution is 2.31. The fraction of sp³-hybridized carbons (Fsp3) is 0.333. The molecule has 120 valence electrons. The van der Waals surface area contributed by atoms with Crippen molar-refractivity contribution in [1.82, 2.24) is 9.88 Å². The Hall–Kier alpha value is -2.27. The van der Waals surface area contributed by atoms with Gasteiger partial charge in [-0.2, -0.15) is 0 Å². The summed E-state index contributed by atoms with van der Waals surface area (Å²) in [6.07, 6.45) is 1.76. The summed E-state index contributed by atoms with van der Waals surface area (Å²) < 4.78 is 13.7. The standard InChI is InChI=1S/C18H19FN2O2/c19-16-6-2-1-5-13(16)9-18(23)21-10-14(12-22)15(11-21)17-7-3-4-8-20-17/h1-8,14-15,22H,9-12H2/t14-,15+/m0/s1. The predicted molar refractivity (Wildman–Crippen MR) is 84.2 cm³/mol. The van der Waals surface area contributed by atoms with Crippen LogP contribution in [0.25, 0.3) is 0 Å². The van der Waals surface area contributed by atoms with E-state index in [0.717, 1.165) is 5.69 Å². The first-order chi connectivity index (χ1) is 11.2. The molecule has 1 aliphatic rings. The third-order valence-electron chi connectivity index (χ3n) is 4.40. The van der Waals surface area contributed by atoms with Crippen molar-refractivity contribution in [2.75, 3.05) is 19.7 Å². The highest BCUT2D eigenvalue weighted by Gasteiger charge is 2.36. The molecule has 4 nitrogen and oxygen atoms in total. The Kier molecular flexibility index (Phi) is 4.67. The van der Waals surface area contributed by atoms with Gasteiger partial charge in [-0.3, -0.25) is 9.78 Å². The topological polar surface area (TPSA) is 53.4 Å². The minimum atomic E-state index is -0.361. The monoisotopic (exact) mass is 314 g/mol. The zero-order chi connectivity index (χ0) is 16.2. The summed E-state index contributed by atoms with van der Waals surface area (Å²) in [6, 6.07) is 12.0. The van der Waals surface area contributed by atoms with Crippen molar-refractivity contribution in [3.8, 4) is 0 Å². The number of nitrogens with zero attached hydrogens (tertiary/aromatic N) is 2. The maximum atomic E-state index is 13.7. The van der Waals surface area contributed by atoms with Gasteiger partial charge in [0.25, 0.3) is 0 Å². The van der Waals surface area contributed by atoms with Gasteiger partial charge in [-0.15, -0.1) is 0 Å². The molecule has 2 aromatic rings. The largest absolute Gasteiger partial charge is 0.396 e. The lowest BCUT2D eigenvalue weighted by Crippen LogP contribution is -2.30. The molecule has 1 aliphatic heterocycles. The number of carbonyl (C=O) groups is 1. The van der Waals surface area contributed by atoms with Gasteiger partial charge >= 0.3 is 0 Å². The Morgan fingerprint density at radius 3 is 2.70 bits per heavy atom. The van der Waals surface area contributed by atoms with Crippen molar-refractivity contribution < 1.29 is 14.3 Å². The average molecular weight is 314 g/mol. The Morgan fingerprint density at radius 2 is 2.00 bits per heavy atom. The molecular formula is C18H19FN2O2. The molecule has 0 saturated carbocycles. The average Bonchev–Trinajstić information content (AvgIpc) is 3.02. The summed E-state index contributed by atoms with van der Waals surface area (Å²) in [7, 11) is 0. The van der Waals surface area contributed by atoms with Gasteiger partial charge in [-0.25, -0.2) is 4.39 Å². The number of halogens is 1. The molecule has 0 spiro atoms. The normalized spacial score (nSPS) is 20.7. The first-order valence-electron chi connectivity index (χ1n) is 7.72. The molecule has 0 unspecified atom stereocenters. The summed E-state index contributed by atoms with van der Waals surface area (Å²) in [5.74, 6) is -0.493. The lowest BCUT2D eigenvalue weighted by atomic mass is 9.93. The number of benzene rings is 1. The molecule has 1 aromatic heterocycles. The van der Waals surface area contributed by atoms with Crippen LogP contribution < -0.4 is 0 Å². The molecule has 5 heteroatoms. The second kappa shape index (κ2) is 6.87. The first-order valence-corrected chi connectivity index (χ1v) is 7.72. The van der Waals surface area contributed by atoms with Crippen molar-refractivity contribution in [2.45, 2.75) is 12.3 Å². The van der Waals surface area contributed by atoms with Crippen molar-refractivity contribution >= 4 is 5.91 Å². The molecule has 0 radical (unpaired) electrons. The second-order valence-corrected chi connectivity index (χ2v) is 5.87. The number of carbonyl (C=O) groups excluding carboxylic acids is 1. The van der Waals surface area contributed by atoms with Crippen molar-refractivity contribution in [3.63, 3.8) is 0 Å². The van der Waals surface area contributed by atoms with E-state index in [0.29, 0.717) is 18.7 Å². The van der Waals surface area contributed by atoms with Gasteiger partial charge in [-0.05, 0) is 23.8 Å². The van der Waals surface area contributed by atoms with Crippen LogP contribution in [0.3, 0.4) is 0 Å². The van der Waals surface area contributed by atoms with Crippen LogP contribution >= 0.6 is 0 Å². The van der Waals surface area contributed by atoms with Gasteiger partial charge < -0.3 is 10.0 Å². The molecule has 1 amide bonds. The van der Waals surface area contributed by atoms with Crippen LogP contribution in [0.15, 0.2) is 48.7 Å². The van der Waals surface area contributed by atoms with E-state index in [4.69, 9.17) is 0 Å². The van der Waals surface area contributed by atoms with E-state index in [1.807, 2.05) is 18.2 Å². The zero-order valence-electron chi connectivity index (χ0n) is 12.7. The molecule has 3 rings (SSSR count). The van der Waals surface area contributed by atoms with E-state index in [9.17, 15) is 14.3 Å². The van der Waals surface area contributed by atoms with Gasteiger partial charge in [0.2, 0.25) is 5.91 Å². The molecule has 2 heterocycles. The van der Waals surface area contributed by atoms with Gasteiger partial charge in [0.1, 0.15) is 5.82 Å². The van der Waals surface area contributed by atoms with E-state index >= 15 is 0 Å². The number of amides is 1. The van der Waals surface area contributed by atoms with Crippen molar-refractivity contribution in [1.29, 1.82) is 0 Å². The number of pyridine rings is 1. The van der Waals surface area contributed by atoms with Crippen LogP contribution in [-0.4, -0.2) is 40.6 Å². The summed E-state index contributed by atoms with van der Waals surface area (Å²) in [6.45, 7) is 0.991. The van der Waals surface area contributed by atoms with Crippen LogP contribution in [0, 0.1) is 11.7 Å². The summed E-state index contributed by atoms with van der Waals surface area (Å²) in [4.78, 5) is 18.5. The fourth-order valence-electron chi connectivity index (χ4n) is 3.11. The van der Waals surface area contributed by atoms with Crippen LogP contribution in [-0.2, 0) is 11.2 Å². The van der Waals surface area contributed by atoms with E-state index in [2.05, 4.69) is 4.98 Å². The number of hydrogen-bond donors (Lipinski definition) is 1. The van der Waals surface area contributed by atoms with Crippen LogP contribution in [0.2, 0.25) is 0 Å². The minimum absolute atomic E-state index is 0.00468. The summed E-state index contributed by atoms with van der Waals surface area (Å²) in [5, 5.41) is 9.61. The number of rotatable bonds is 4. The fourth-order valence-corrected chi connectivity index (χ4v) is 3.11. The Balaban J connectivity index is 1.72. The smallest absolute Gasteiger partial charge is 0.227 e. The number of aliphatic hydroxyl groups is 1. The molecule has 1 aromatic carbocycles. The Bertz CT molecular complexity index is 678. The van der Waals surface area contributed by atoms with Gasteiger partial charge in [0, 0.05) is 43.4 Å². The Morgan fingerprint density at radius 1 is 1.22 bits per heavy atom. The SMILES string of the molecule is O=C(Cc1ccccc1F)N1C[C@@H](CO)[C@H](c2ccccn2)C1. The maximum Gasteiger partial charge on any atom is 0.227 e. The van der Waals surface area contributed by atoms with E-state index in [1.165, 1.54) is 6.07 Å². The molecule has 0 aliphatic carbocycles. The minimum Gasteiger partial charge on any atom is -0.396 e. The van der Waals surface area contributed by atoms with Crippen molar-refractivity contribution in [3.05, 3.63) is 65.7 Å². The lowest BCUT2D eigenvalue weighted by molar-refractivity contribution is -0.129. The van der Waals surface area contributed by atoms with Crippen LogP contribution in [0.1, 0.15) is 17.2 Å². The molecule has 2 atom stereocenters. The van der Waals surface area contributed by atoms with E-state index in [1.54, 1.807) is 29.3 Å². The second-order valence-electron chi connectivity index (χ2n) is 5.87. The highest BCUT2D eigenvalue weighted by atomic mass is 19.1. The number of aliphatic hydroxyl groups excluding tert-OH is 1. The summed E-state index contributed by atoms with van der Waals surface area (Å²) >= 11 is 0. The molecule has 1 saturated heterocycles. The predicted octanol–water partition coefficient (Wildman–Crippen LogP) is 2.00. The van der Waals surface area contributed by atoms with Gasteiger partial charge in [-0.1, -0.05) is 24.3 Å². The first kappa shape index (κ1) is 15.6. The maximum absolute atomic E-state index is 13.7. The third kappa shape index (κ3) is 3.40. The molecule has 1 fully saturated rings. The van der Waals surface area contributed by atoms with E-state index < -0.39 is 0 Å². The number of hydrogen-bond acceptors (Lipinski definition) is 3. The van der Waals surface area contributed by atoms with Crippen LogP contribution in [0.5, 0.6) is 0 Å². The molecule has 23 heavy (non-hydrogen) atoms. The van der Waals surface area contributed by atoms with Gasteiger partial charge in [0.05, 0.1) is 6.42 Å². The van der Waals surface area contributed by atoms with Crippen LogP contribution in [0.4, 0.5) is 4.39 Å².